The van der Waals surface area contributed by atoms with Crippen molar-refractivity contribution in [3.05, 3.63) is 88.9 Å². The lowest BCUT2D eigenvalue weighted by Gasteiger charge is -2.16. The summed E-state index contributed by atoms with van der Waals surface area (Å²) < 4.78 is 50.5. The summed E-state index contributed by atoms with van der Waals surface area (Å²) in [5, 5.41) is 0.895. The van der Waals surface area contributed by atoms with Gasteiger partial charge in [-0.25, -0.2) is 18.4 Å². The molecule has 0 aliphatic rings. The minimum absolute atomic E-state index is 0.105. The van der Waals surface area contributed by atoms with E-state index in [2.05, 4.69) is 14.7 Å². The molecule has 0 fully saturated rings. The summed E-state index contributed by atoms with van der Waals surface area (Å²) in [5.41, 5.74) is 1.18. The van der Waals surface area contributed by atoms with Crippen LogP contribution in [0.2, 0.25) is 5.15 Å². The van der Waals surface area contributed by atoms with Crippen LogP contribution in [0.5, 0.6) is 28.7 Å². The van der Waals surface area contributed by atoms with Crippen LogP contribution in [0.4, 0.5) is 5.82 Å². The Hall–Kier alpha value is -4.28. The summed E-state index contributed by atoms with van der Waals surface area (Å²) >= 11 is 6.55. The van der Waals surface area contributed by atoms with Crippen LogP contribution >= 0.6 is 11.6 Å². The molecule has 9 nitrogen and oxygen atoms in total. The van der Waals surface area contributed by atoms with E-state index in [4.69, 9.17) is 30.5 Å². The van der Waals surface area contributed by atoms with Crippen molar-refractivity contribution in [3.63, 3.8) is 0 Å². The number of sulfonamides is 1. The van der Waals surface area contributed by atoms with Gasteiger partial charge in [0.05, 0.1) is 26.7 Å². The van der Waals surface area contributed by atoms with E-state index >= 15 is 0 Å². The third kappa shape index (κ3) is 6.53. The summed E-state index contributed by atoms with van der Waals surface area (Å²) in [7, 11) is 0.457. The molecular weight excluding hydrogens is 530 g/mol. The van der Waals surface area contributed by atoms with E-state index in [1.807, 2.05) is 6.07 Å². The van der Waals surface area contributed by atoms with Crippen molar-refractivity contribution in [1.82, 2.24) is 9.97 Å². The number of para-hydroxylation sites is 2. The zero-order valence-electron chi connectivity index (χ0n) is 20.7. The fourth-order valence-corrected chi connectivity index (χ4v) is 4.38. The first-order chi connectivity index (χ1) is 18.3. The number of nitrogens with zero attached hydrogens (tertiary/aromatic N) is 2. The zero-order valence-corrected chi connectivity index (χ0v) is 22.3. The molecule has 196 valence electrons. The fraction of sp³-hybridized carbons (Fsp3) is 0.111. The first kappa shape index (κ1) is 26.8. The van der Waals surface area contributed by atoms with E-state index in [0.717, 1.165) is 5.41 Å². The van der Waals surface area contributed by atoms with Gasteiger partial charge in [0.25, 0.3) is 10.0 Å². The maximum Gasteiger partial charge on any atom is 0.256 e. The number of hydrogen-bond donors (Lipinski definition) is 1. The van der Waals surface area contributed by atoms with Crippen LogP contribution < -0.4 is 23.7 Å². The number of rotatable bonds is 10. The molecule has 4 aromatic rings. The molecule has 0 amide bonds. The van der Waals surface area contributed by atoms with Gasteiger partial charge < -0.3 is 18.9 Å². The topological polar surface area (TPSA) is 109 Å². The van der Waals surface area contributed by atoms with Gasteiger partial charge in [-0.05, 0) is 35.9 Å². The van der Waals surface area contributed by atoms with Gasteiger partial charge in [0.1, 0.15) is 11.5 Å². The minimum Gasteiger partial charge on any atom is -0.497 e. The van der Waals surface area contributed by atoms with Crippen LogP contribution in [0.1, 0.15) is 5.56 Å². The van der Waals surface area contributed by atoms with Gasteiger partial charge in [0.15, 0.2) is 28.3 Å². The molecule has 38 heavy (non-hydrogen) atoms. The molecular formula is C27H24ClN3O6S. The van der Waals surface area contributed by atoms with Gasteiger partial charge in [-0.15, -0.1) is 0 Å². The quantitative estimate of drug-likeness (QED) is 0.237. The Morgan fingerprint density at radius 3 is 2.08 bits per heavy atom. The maximum atomic E-state index is 13.0. The van der Waals surface area contributed by atoms with Crippen LogP contribution in [-0.4, -0.2) is 39.7 Å². The standard InChI is InChI=1S/C27H24ClN3O6S/c1-34-20-15-19(16-21(17-20)35-2)26-29-25(28)24(37-23-12-8-7-11-22(23)36-3)27(30-26)31-38(32,33)14-13-18-9-5-4-6-10-18/h4-17H,1-3H3,(H,29,30,31)/b14-13+. The molecule has 0 aliphatic heterocycles. The Labute approximate surface area is 225 Å². The van der Waals surface area contributed by atoms with E-state index in [-0.39, 0.29) is 28.3 Å². The molecule has 0 bridgehead atoms. The van der Waals surface area contributed by atoms with E-state index < -0.39 is 10.0 Å². The van der Waals surface area contributed by atoms with Gasteiger partial charge >= 0.3 is 0 Å². The third-order valence-corrected chi connectivity index (χ3v) is 6.42. The Balaban J connectivity index is 1.81. The fourth-order valence-electron chi connectivity index (χ4n) is 3.36. The second kappa shape index (κ2) is 11.8. The smallest absolute Gasteiger partial charge is 0.256 e. The summed E-state index contributed by atoms with van der Waals surface area (Å²) in [6.45, 7) is 0. The highest BCUT2D eigenvalue weighted by atomic mass is 35.5. The predicted octanol–water partition coefficient (Wildman–Crippen LogP) is 6.03. The van der Waals surface area contributed by atoms with Crippen molar-refractivity contribution in [2.24, 2.45) is 0 Å². The van der Waals surface area contributed by atoms with Crippen molar-refractivity contribution >= 4 is 33.5 Å². The molecule has 0 saturated carbocycles. The van der Waals surface area contributed by atoms with Crippen molar-refractivity contribution in [2.45, 2.75) is 0 Å². The summed E-state index contributed by atoms with van der Waals surface area (Å²) in [6, 6.07) is 20.8. The number of nitrogens with one attached hydrogen (secondary N) is 1. The molecule has 0 saturated heterocycles. The van der Waals surface area contributed by atoms with E-state index in [1.165, 1.54) is 27.4 Å². The molecule has 1 aromatic heterocycles. The van der Waals surface area contributed by atoms with Gasteiger partial charge in [-0.3, -0.25) is 4.72 Å². The maximum absolute atomic E-state index is 13.0. The predicted molar refractivity (Wildman–Crippen MR) is 147 cm³/mol. The molecule has 1 heterocycles. The Bertz CT molecular complexity index is 1540. The van der Waals surface area contributed by atoms with Crippen molar-refractivity contribution in [1.29, 1.82) is 0 Å². The van der Waals surface area contributed by atoms with E-state index in [1.54, 1.807) is 66.7 Å². The lowest BCUT2D eigenvalue weighted by atomic mass is 10.2. The van der Waals surface area contributed by atoms with E-state index in [9.17, 15) is 8.42 Å². The first-order valence-corrected chi connectivity index (χ1v) is 13.1. The molecule has 0 radical (unpaired) electrons. The van der Waals surface area contributed by atoms with Crippen LogP contribution in [0.25, 0.3) is 17.5 Å². The Morgan fingerprint density at radius 2 is 1.45 bits per heavy atom. The number of anilines is 1. The molecule has 0 spiro atoms. The number of aromatic nitrogens is 2. The van der Waals surface area contributed by atoms with Gasteiger partial charge in [0, 0.05) is 11.6 Å². The molecule has 0 unspecified atom stereocenters. The Kier molecular flexibility index (Phi) is 8.35. The highest BCUT2D eigenvalue weighted by Crippen LogP contribution is 2.40. The lowest BCUT2D eigenvalue weighted by molar-refractivity contribution is 0.378. The largest absolute Gasteiger partial charge is 0.497 e. The number of benzene rings is 3. The SMILES string of the molecule is COc1cc(OC)cc(-c2nc(Cl)c(Oc3ccccc3OC)c(NS(=O)(=O)/C=C/c3ccccc3)n2)c1. The molecule has 3 aromatic carbocycles. The number of halogens is 1. The average Bonchev–Trinajstić information content (AvgIpc) is 2.94. The molecule has 11 heteroatoms. The molecule has 0 aliphatic carbocycles. The van der Waals surface area contributed by atoms with Crippen LogP contribution in [-0.2, 0) is 10.0 Å². The average molecular weight is 554 g/mol. The van der Waals surface area contributed by atoms with Gasteiger partial charge in [-0.2, -0.15) is 0 Å². The highest BCUT2D eigenvalue weighted by molar-refractivity contribution is 7.95. The van der Waals surface area contributed by atoms with Crippen molar-refractivity contribution < 1.29 is 27.4 Å². The minimum atomic E-state index is -4.04. The number of hydrogen-bond acceptors (Lipinski definition) is 8. The zero-order chi connectivity index (χ0) is 27.1. The van der Waals surface area contributed by atoms with Gasteiger partial charge in [-0.1, -0.05) is 54.1 Å². The Morgan fingerprint density at radius 1 is 0.816 bits per heavy atom. The summed E-state index contributed by atoms with van der Waals surface area (Å²) in [4.78, 5) is 8.80. The normalized spacial score (nSPS) is 11.3. The molecule has 0 atom stereocenters. The highest BCUT2D eigenvalue weighted by Gasteiger charge is 2.22. The van der Waals surface area contributed by atoms with Crippen molar-refractivity contribution in [2.75, 3.05) is 26.1 Å². The van der Waals surface area contributed by atoms with E-state index in [0.29, 0.717) is 28.4 Å². The number of ether oxygens (including phenoxy) is 4. The van der Waals surface area contributed by atoms with Crippen molar-refractivity contribution in [3.8, 4) is 40.1 Å². The number of methoxy groups -OCH3 is 3. The monoisotopic (exact) mass is 553 g/mol. The second-order valence-corrected chi connectivity index (χ2v) is 9.65. The molecule has 4 rings (SSSR count). The summed E-state index contributed by atoms with van der Waals surface area (Å²) in [5.74, 6) is 1.50. The second-order valence-electron chi connectivity index (χ2n) is 7.73. The van der Waals surface area contributed by atoms with Gasteiger partial charge in [0.2, 0.25) is 5.75 Å². The van der Waals surface area contributed by atoms with Crippen LogP contribution in [0, 0.1) is 0 Å². The van der Waals surface area contributed by atoms with Crippen LogP contribution in [0.15, 0.2) is 78.2 Å². The molecule has 1 N–H and O–H groups in total. The lowest BCUT2D eigenvalue weighted by Crippen LogP contribution is -2.12. The first-order valence-electron chi connectivity index (χ1n) is 11.2. The van der Waals surface area contributed by atoms with Crippen LogP contribution in [0.3, 0.4) is 0 Å². The third-order valence-electron chi connectivity index (χ3n) is 5.19. The summed E-state index contributed by atoms with van der Waals surface area (Å²) in [6.07, 6.45) is 1.46.